The van der Waals surface area contributed by atoms with E-state index >= 15 is 0 Å². The molecule has 0 spiro atoms. The maximum atomic E-state index is 13.1. The van der Waals surface area contributed by atoms with Crippen LogP contribution >= 0.6 is 15.9 Å². The van der Waals surface area contributed by atoms with Crippen molar-refractivity contribution in [2.45, 2.75) is 110 Å². The van der Waals surface area contributed by atoms with Crippen molar-refractivity contribution in [3.8, 4) is 0 Å². The first kappa shape index (κ1) is 54.8. The second-order valence-corrected chi connectivity index (χ2v) is 17.0. The third-order valence-corrected chi connectivity index (χ3v) is 9.15. The standard InChI is InChI=1S/C21H23F3N4O4.C13H11BrF3NO2.C8H13N3O2/c1-19(2,3)32-18(30)27-14-10-26-28(11-14)12-20(4,31)17(29)9-13-6-7-16(25-5)15(8-13)21(22,23)24;1-12(20,7-14)11(19)6-8-3-4-10(18-2)9(5-8)13(15,16)17;1-8(2,3)13-7(12)11-6-4-9-10-5-6/h6-8,10-11,31H,9,12H2,1-4H3,(H,27,30);3-5,20H,6-7H2,1H3;4-5H,1-3H3,(H,9,10)(H,11,12)/t20-;12-;/m00./s1. The van der Waals surface area contributed by atoms with Gasteiger partial charge in [-0.25, -0.2) is 19.3 Å². The molecule has 0 bridgehead atoms. The first-order valence-corrected chi connectivity index (χ1v) is 20.1. The zero-order chi connectivity index (χ0) is 49.8. The van der Waals surface area contributed by atoms with Crippen molar-refractivity contribution in [2.24, 2.45) is 0 Å². The largest absolute Gasteiger partial charge is 0.444 e. The molecule has 5 N–H and O–H groups in total. The van der Waals surface area contributed by atoms with Gasteiger partial charge in [0.15, 0.2) is 22.9 Å². The summed E-state index contributed by atoms with van der Waals surface area (Å²) in [6.07, 6.45) is -5.64. The van der Waals surface area contributed by atoms with Crippen molar-refractivity contribution in [1.29, 1.82) is 0 Å². The zero-order valence-electron chi connectivity index (χ0n) is 36.3. The van der Waals surface area contributed by atoms with E-state index in [2.05, 4.69) is 51.5 Å². The number of alkyl halides is 7. The number of aromatic amines is 1. The molecule has 352 valence electrons. The molecular weight excluding hydrogens is 938 g/mol. The lowest BCUT2D eigenvalue weighted by molar-refractivity contribution is -0.138. The molecular formula is C42H47BrF6N8O8. The summed E-state index contributed by atoms with van der Waals surface area (Å²) in [4.78, 5) is 52.9. The Hall–Kier alpha value is -6.30. The van der Waals surface area contributed by atoms with Gasteiger partial charge in [0.2, 0.25) is 0 Å². The minimum absolute atomic E-state index is 0.00883. The molecule has 0 saturated heterocycles. The van der Waals surface area contributed by atoms with Crippen LogP contribution in [0.25, 0.3) is 9.69 Å². The van der Waals surface area contributed by atoms with Crippen LogP contribution in [0.4, 0.5) is 58.7 Å². The van der Waals surface area contributed by atoms with Crippen LogP contribution in [-0.4, -0.2) is 81.7 Å². The van der Waals surface area contributed by atoms with Crippen LogP contribution in [-0.2, 0) is 50.8 Å². The summed E-state index contributed by atoms with van der Waals surface area (Å²) in [6, 6.07) is 6.06. The number of anilines is 2. The van der Waals surface area contributed by atoms with E-state index in [9.17, 15) is 55.7 Å². The molecule has 2 heterocycles. The predicted octanol–water partition coefficient (Wildman–Crippen LogP) is 9.63. The molecule has 0 aliphatic carbocycles. The van der Waals surface area contributed by atoms with Crippen molar-refractivity contribution >= 4 is 62.4 Å². The zero-order valence-corrected chi connectivity index (χ0v) is 37.9. The summed E-state index contributed by atoms with van der Waals surface area (Å²) in [7, 11) is 0. The van der Waals surface area contributed by atoms with E-state index in [0.717, 1.165) is 24.3 Å². The maximum absolute atomic E-state index is 13.1. The number of ether oxygens (including phenoxy) is 2. The summed E-state index contributed by atoms with van der Waals surface area (Å²) in [5.74, 6) is -1.34. The lowest BCUT2D eigenvalue weighted by atomic mass is 9.94. The van der Waals surface area contributed by atoms with Crippen LogP contribution in [0.3, 0.4) is 0 Å². The van der Waals surface area contributed by atoms with Crippen LogP contribution in [0.15, 0.2) is 61.2 Å². The van der Waals surface area contributed by atoms with E-state index in [-0.39, 0.29) is 35.1 Å². The van der Waals surface area contributed by atoms with Gasteiger partial charge in [0.1, 0.15) is 22.4 Å². The molecule has 0 unspecified atom stereocenters. The Balaban J connectivity index is 0.000000373. The average molecular weight is 986 g/mol. The number of Topliss-reactive ketones (excluding diaryl/α,β-unsaturated/α-hetero) is 2. The predicted molar refractivity (Wildman–Crippen MR) is 228 cm³/mol. The lowest BCUT2D eigenvalue weighted by Gasteiger charge is -2.22. The lowest BCUT2D eigenvalue weighted by Crippen LogP contribution is -2.41. The van der Waals surface area contributed by atoms with E-state index in [1.807, 2.05) is 20.8 Å². The van der Waals surface area contributed by atoms with Gasteiger partial charge in [-0.15, -0.1) is 0 Å². The molecule has 2 atom stereocenters. The van der Waals surface area contributed by atoms with Crippen molar-refractivity contribution in [3.05, 3.63) is 106 Å². The van der Waals surface area contributed by atoms with E-state index in [1.165, 1.54) is 49.3 Å². The molecule has 0 aliphatic heterocycles. The highest BCUT2D eigenvalue weighted by Gasteiger charge is 2.36. The first-order valence-electron chi connectivity index (χ1n) is 18.9. The number of rotatable bonds is 11. The molecule has 23 heteroatoms. The number of benzene rings is 2. The monoisotopic (exact) mass is 984 g/mol. The topological polar surface area (TPSA) is 206 Å². The summed E-state index contributed by atoms with van der Waals surface area (Å²) in [5, 5.41) is 35.5. The highest BCUT2D eigenvalue weighted by Crippen LogP contribution is 2.38. The SMILES string of the molecule is CC(C)(C)OC(=O)Nc1cn[nH]c1.[C-]#[N+]c1ccc(CC(=O)[C@@](C)(O)CBr)cc1C(F)(F)F.[C-]#[N+]c1ccc(CC(=O)[C@@](C)(O)Cn2cc(NC(=O)OC(C)(C)C)cn2)cc1C(F)(F)F. The van der Waals surface area contributed by atoms with Crippen LogP contribution in [0.1, 0.15) is 77.6 Å². The van der Waals surface area contributed by atoms with E-state index in [1.54, 1.807) is 27.0 Å². The number of ketones is 2. The Morgan fingerprint density at radius 3 is 1.52 bits per heavy atom. The highest BCUT2D eigenvalue weighted by molar-refractivity contribution is 9.09. The molecule has 4 rings (SSSR count). The number of hydrogen-bond acceptors (Lipinski definition) is 10. The molecule has 0 aliphatic rings. The van der Waals surface area contributed by atoms with Crippen molar-refractivity contribution in [3.63, 3.8) is 0 Å². The second-order valence-electron chi connectivity index (χ2n) is 16.5. The number of amides is 2. The van der Waals surface area contributed by atoms with E-state index in [0.29, 0.717) is 5.69 Å². The molecule has 2 aromatic carbocycles. The number of aliphatic hydroxyl groups is 2. The van der Waals surface area contributed by atoms with Gasteiger partial charge in [-0.05, 0) is 66.5 Å². The summed E-state index contributed by atoms with van der Waals surface area (Å²) < 4.78 is 89.0. The Labute approximate surface area is 378 Å². The minimum atomic E-state index is -4.74. The van der Waals surface area contributed by atoms with Gasteiger partial charge in [0.05, 0.1) is 54.6 Å². The van der Waals surface area contributed by atoms with Gasteiger partial charge in [-0.2, -0.15) is 36.5 Å². The molecule has 0 radical (unpaired) electrons. The van der Waals surface area contributed by atoms with Gasteiger partial charge in [-0.1, -0.05) is 52.3 Å². The second kappa shape index (κ2) is 22.1. The summed E-state index contributed by atoms with van der Waals surface area (Å²) in [6.45, 7) is 26.3. The Morgan fingerprint density at radius 1 is 0.723 bits per heavy atom. The third-order valence-electron chi connectivity index (χ3n) is 8.06. The number of carbonyl (C=O) groups is 4. The third kappa shape index (κ3) is 18.8. The van der Waals surface area contributed by atoms with Gasteiger partial charge in [0, 0.05) is 30.6 Å². The molecule has 2 aromatic heterocycles. The number of nitrogens with zero attached hydrogens (tertiary/aromatic N) is 5. The van der Waals surface area contributed by atoms with Gasteiger partial charge >= 0.3 is 24.5 Å². The number of H-pyrrole nitrogens is 1. The molecule has 0 saturated carbocycles. The van der Waals surface area contributed by atoms with Crippen LogP contribution < -0.4 is 10.6 Å². The first-order chi connectivity index (χ1) is 29.7. The fourth-order valence-corrected chi connectivity index (χ4v) is 5.25. The van der Waals surface area contributed by atoms with Gasteiger partial charge < -0.3 is 19.7 Å². The number of halogens is 7. The normalized spacial score (nSPS) is 13.4. The Morgan fingerprint density at radius 2 is 1.15 bits per heavy atom. The summed E-state index contributed by atoms with van der Waals surface area (Å²) in [5.41, 5.74) is -7.08. The fourth-order valence-electron chi connectivity index (χ4n) is 4.94. The average Bonchev–Trinajstić information content (AvgIpc) is 3.84. The van der Waals surface area contributed by atoms with Crippen molar-refractivity contribution in [1.82, 2.24) is 20.0 Å². The maximum Gasteiger partial charge on any atom is 0.412 e. The molecule has 4 aromatic rings. The number of carbonyl (C=O) groups excluding carboxylic acids is 4. The van der Waals surface area contributed by atoms with Crippen LogP contribution in [0, 0.1) is 13.1 Å². The molecule has 16 nitrogen and oxygen atoms in total. The minimum Gasteiger partial charge on any atom is -0.444 e. The van der Waals surface area contributed by atoms with E-state index in [4.69, 9.17) is 22.6 Å². The van der Waals surface area contributed by atoms with Gasteiger partial charge in [0.25, 0.3) is 0 Å². The van der Waals surface area contributed by atoms with Crippen molar-refractivity contribution in [2.75, 3.05) is 16.0 Å². The Bertz CT molecular complexity index is 2370. The molecule has 0 fully saturated rings. The van der Waals surface area contributed by atoms with Crippen molar-refractivity contribution < 1.29 is 65.2 Å². The van der Waals surface area contributed by atoms with Gasteiger partial charge in [-0.3, -0.25) is 30.0 Å². The quantitative estimate of drug-likeness (QED) is 0.0546. The number of nitrogens with one attached hydrogen (secondary N) is 3. The fraction of sp³-hybridized carbons (Fsp3) is 0.429. The highest BCUT2D eigenvalue weighted by atomic mass is 79.9. The number of hydrogen-bond donors (Lipinski definition) is 5. The smallest absolute Gasteiger partial charge is 0.412 e. The van der Waals surface area contributed by atoms with E-state index < -0.39 is 87.4 Å². The molecule has 65 heavy (non-hydrogen) atoms. The number of aromatic nitrogens is 4. The van der Waals surface area contributed by atoms with Crippen LogP contribution in [0.5, 0.6) is 0 Å². The molecule has 2 amide bonds. The van der Waals surface area contributed by atoms with Crippen LogP contribution in [0.2, 0.25) is 0 Å². The summed E-state index contributed by atoms with van der Waals surface area (Å²) >= 11 is 2.96. The Kier molecular flexibility index (Phi) is 18.6.